The van der Waals surface area contributed by atoms with Gasteiger partial charge in [0.1, 0.15) is 11.6 Å². The Hall–Kier alpha value is -1.77. The SMILES string of the molecule is CCc1nc(SCc2cccc(Cl)c2)[nH]c(=O)c1C#N. The van der Waals surface area contributed by atoms with Gasteiger partial charge in [0.25, 0.3) is 5.56 Å². The van der Waals surface area contributed by atoms with Crippen molar-refractivity contribution < 1.29 is 0 Å². The molecular formula is C14H12ClN3OS. The second-order valence-electron chi connectivity index (χ2n) is 4.08. The molecule has 0 aliphatic rings. The van der Waals surface area contributed by atoms with Gasteiger partial charge in [0.15, 0.2) is 5.16 Å². The summed E-state index contributed by atoms with van der Waals surface area (Å²) >= 11 is 7.33. The summed E-state index contributed by atoms with van der Waals surface area (Å²) in [5.74, 6) is 0.651. The number of aromatic nitrogens is 2. The number of hydrogen-bond acceptors (Lipinski definition) is 4. The van der Waals surface area contributed by atoms with Crippen LogP contribution in [0.2, 0.25) is 5.02 Å². The number of benzene rings is 1. The number of thioether (sulfide) groups is 1. The van der Waals surface area contributed by atoms with E-state index in [1.165, 1.54) is 11.8 Å². The minimum absolute atomic E-state index is 0.0969. The van der Waals surface area contributed by atoms with Crippen molar-refractivity contribution in [3.05, 3.63) is 56.5 Å². The largest absolute Gasteiger partial charge is 0.300 e. The summed E-state index contributed by atoms with van der Waals surface area (Å²) < 4.78 is 0. The van der Waals surface area contributed by atoms with Crippen molar-refractivity contribution in [3.8, 4) is 6.07 Å². The molecule has 20 heavy (non-hydrogen) atoms. The van der Waals surface area contributed by atoms with Gasteiger partial charge in [-0.05, 0) is 24.1 Å². The number of nitriles is 1. The number of aryl methyl sites for hydroxylation is 1. The second-order valence-corrected chi connectivity index (χ2v) is 5.48. The van der Waals surface area contributed by atoms with Gasteiger partial charge in [0.2, 0.25) is 0 Å². The summed E-state index contributed by atoms with van der Waals surface area (Å²) in [6.07, 6.45) is 0.553. The molecule has 0 amide bonds. The minimum atomic E-state index is -0.382. The molecule has 2 aromatic rings. The van der Waals surface area contributed by atoms with Crippen LogP contribution in [0, 0.1) is 11.3 Å². The fraction of sp³-hybridized carbons (Fsp3) is 0.214. The van der Waals surface area contributed by atoms with Crippen LogP contribution in [0.3, 0.4) is 0 Å². The lowest BCUT2D eigenvalue weighted by Crippen LogP contribution is -2.16. The van der Waals surface area contributed by atoms with Crippen LogP contribution in [0.15, 0.2) is 34.2 Å². The van der Waals surface area contributed by atoms with Crippen molar-refractivity contribution in [2.24, 2.45) is 0 Å². The zero-order chi connectivity index (χ0) is 14.5. The molecular weight excluding hydrogens is 294 g/mol. The van der Waals surface area contributed by atoms with Crippen molar-refractivity contribution >= 4 is 23.4 Å². The van der Waals surface area contributed by atoms with Gasteiger partial charge in [-0.3, -0.25) is 4.79 Å². The molecule has 1 aromatic carbocycles. The number of hydrogen-bond donors (Lipinski definition) is 1. The number of aromatic amines is 1. The number of nitrogens with one attached hydrogen (secondary N) is 1. The Balaban J connectivity index is 2.21. The molecule has 0 atom stereocenters. The normalized spacial score (nSPS) is 10.2. The summed E-state index contributed by atoms with van der Waals surface area (Å²) in [5, 5.41) is 10.1. The van der Waals surface area contributed by atoms with Crippen molar-refractivity contribution in [1.29, 1.82) is 5.26 Å². The van der Waals surface area contributed by atoms with E-state index in [0.717, 1.165) is 5.56 Å². The van der Waals surface area contributed by atoms with Crippen LogP contribution >= 0.6 is 23.4 Å². The Morgan fingerprint density at radius 3 is 2.95 bits per heavy atom. The third-order valence-electron chi connectivity index (χ3n) is 2.68. The average molecular weight is 306 g/mol. The van der Waals surface area contributed by atoms with E-state index in [9.17, 15) is 4.79 Å². The molecule has 102 valence electrons. The van der Waals surface area contributed by atoms with Crippen molar-refractivity contribution in [2.75, 3.05) is 0 Å². The van der Waals surface area contributed by atoms with E-state index in [0.29, 0.717) is 28.0 Å². The van der Waals surface area contributed by atoms with Gasteiger partial charge in [-0.25, -0.2) is 4.98 Å². The molecule has 0 saturated carbocycles. The minimum Gasteiger partial charge on any atom is -0.300 e. The van der Waals surface area contributed by atoms with Crippen molar-refractivity contribution in [3.63, 3.8) is 0 Å². The zero-order valence-electron chi connectivity index (χ0n) is 10.8. The third-order valence-corrected chi connectivity index (χ3v) is 3.86. The molecule has 0 aliphatic heterocycles. The lowest BCUT2D eigenvalue weighted by Gasteiger charge is -2.05. The third kappa shape index (κ3) is 3.41. The second kappa shape index (κ2) is 6.60. The highest BCUT2D eigenvalue weighted by atomic mass is 35.5. The molecule has 0 spiro atoms. The highest BCUT2D eigenvalue weighted by Gasteiger charge is 2.10. The van der Waals surface area contributed by atoms with Crippen LogP contribution in [0.1, 0.15) is 23.7 Å². The standard InChI is InChI=1S/C14H12ClN3OS/c1-2-12-11(7-16)13(19)18-14(17-12)20-8-9-4-3-5-10(15)6-9/h3-6H,2,8H2,1H3,(H,17,18,19). The molecule has 1 N–H and O–H groups in total. The van der Waals surface area contributed by atoms with Crippen LogP contribution < -0.4 is 5.56 Å². The maximum Gasteiger partial charge on any atom is 0.269 e. The van der Waals surface area contributed by atoms with Crippen LogP contribution in [0.25, 0.3) is 0 Å². The lowest BCUT2D eigenvalue weighted by atomic mass is 10.2. The molecule has 4 nitrogen and oxygen atoms in total. The number of rotatable bonds is 4. The smallest absolute Gasteiger partial charge is 0.269 e. The van der Waals surface area contributed by atoms with Crippen LogP contribution in [-0.2, 0) is 12.2 Å². The highest BCUT2D eigenvalue weighted by molar-refractivity contribution is 7.98. The van der Waals surface area contributed by atoms with E-state index < -0.39 is 0 Å². The van der Waals surface area contributed by atoms with Gasteiger partial charge in [-0.1, -0.05) is 42.4 Å². The lowest BCUT2D eigenvalue weighted by molar-refractivity contribution is 0.859. The quantitative estimate of drug-likeness (QED) is 0.696. The highest BCUT2D eigenvalue weighted by Crippen LogP contribution is 2.21. The number of nitrogens with zero attached hydrogens (tertiary/aromatic N) is 2. The average Bonchev–Trinajstić information content (AvgIpc) is 2.44. The first kappa shape index (κ1) is 14.6. The van der Waals surface area contributed by atoms with E-state index in [-0.39, 0.29) is 11.1 Å². The first-order valence-electron chi connectivity index (χ1n) is 6.04. The first-order valence-corrected chi connectivity index (χ1v) is 7.41. The molecule has 1 heterocycles. The molecule has 2 rings (SSSR count). The molecule has 0 unspecified atom stereocenters. The molecule has 6 heteroatoms. The van der Waals surface area contributed by atoms with E-state index in [2.05, 4.69) is 9.97 Å². The Kier molecular flexibility index (Phi) is 4.83. The van der Waals surface area contributed by atoms with E-state index in [1.54, 1.807) is 0 Å². The molecule has 1 aromatic heterocycles. The predicted molar refractivity (Wildman–Crippen MR) is 80.0 cm³/mol. The predicted octanol–water partition coefficient (Wildman–Crippen LogP) is 3.15. The fourth-order valence-corrected chi connectivity index (χ4v) is 2.75. The summed E-state index contributed by atoms with van der Waals surface area (Å²) in [4.78, 5) is 18.7. The van der Waals surface area contributed by atoms with Crippen LogP contribution in [0.5, 0.6) is 0 Å². The van der Waals surface area contributed by atoms with Gasteiger partial charge in [-0.2, -0.15) is 5.26 Å². The topological polar surface area (TPSA) is 69.5 Å². The van der Waals surface area contributed by atoms with E-state index >= 15 is 0 Å². The van der Waals surface area contributed by atoms with E-state index in [1.807, 2.05) is 37.3 Å². The van der Waals surface area contributed by atoms with E-state index in [4.69, 9.17) is 16.9 Å². The monoisotopic (exact) mass is 305 g/mol. The summed E-state index contributed by atoms with van der Waals surface area (Å²) in [7, 11) is 0. The molecule has 0 aliphatic carbocycles. The Morgan fingerprint density at radius 1 is 1.50 bits per heavy atom. The Morgan fingerprint density at radius 2 is 2.30 bits per heavy atom. The van der Waals surface area contributed by atoms with Gasteiger partial charge in [0.05, 0.1) is 5.69 Å². The van der Waals surface area contributed by atoms with Crippen LogP contribution in [-0.4, -0.2) is 9.97 Å². The summed E-state index contributed by atoms with van der Waals surface area (Å²) in [6.45, 7) is 1.87. The summed E-state index contributed by atoms with van der Waals surface area (Å²) in [6, 6.07) is 9.41. The Labute approximate surface area is 125 Å². The molecule has 0 fully saturated rings. The van der Waals surface area contributed by atoms with Crippen molar-refractivity contribution in [1.82, 2.24) is 9.97 Å². The first-order chi connectivity index (χ1) is 9.63. The Bertz CT molecular complexity index is 721. The maximum atomic E-state index is 11.8. The fourth-order valence-electron chi connectivity index (χ4n) is 1.72. The maximum absolute atomic E-state index is 11.8. The number of halogens is 1. The summed E-state index contributed by atoms with van der Waals surface area (Å²) in [5.41, 5.74) is 1.30. The van der Waals surface area contributed by atoms with Crippen molar-refractivity contribution in [2.45, 2.75) is 24.3 Å². The van der Waals surface area contributed by atoms with Gasteiger partial charge in [0, 0.05) is 10.8 Å². The zero-order valence-corrected chi connectivity index (χ0v) is 12.4. The van der Waals surface area contributed by atoms with Gasteiger partial charge < -0.3 is 4.98 Å². The molecule has 0 saturated heterocycles. The number of H-pyrrole nitrogens is 1. The van der Waals surface area contributed by atoms with Gasteiger partial charge in [-0.15, -0.1) is 0 Å². The molecule has 0 radical (unpaired) electrons. The molecule has 0 bridgehead atoms. The van der Waals surface area contributed by atoms with Crippen LogP contribution in [0.4, 0.5) is 0 Å². The van der Waals surface area contributed by atoms with Gasteiger partial charge >= 0.3 is 0 Å².